The van der Waals surface area contributed by atoms with E-state index in [4.69, 9.17) is 10.1 Å². The summed E-state index contributed by atoms with van der Waals surface area (Å²) in [4.78, 5) is 19.3. The summed E-state index contributed by atoms with van der Waals surface area (Å²) in [6.07, 6.45) is 6.71. The zero-order valence-electron chi connectivity index (χ0n) is 18.9. The Hall–Kier alpha value is -2.89. The van der Waals surface area contributed by atoms with Crippen LogP contribution in [0.15, 0.2) is 36.4 Å². The maximum absolute atomic E-state index is 12.4. The van der Waals surface area contributed by atoms with E-state index in [0.29, 0.717) is 11.5 Å². The van der Waals surface area contributed by atoms with Crippen LogP contribution in [0.2, 0.25) is 0 Å². The topological polar surface area (TPSA) is 78.3 Å². The fourth-order valence-corrected chi connectivity index (χ4v) is 4.04. The number of ether oxygens (including phenoxy) is 1. The average molecular weight is 423 g/mol. The lowest BCUT2D eigenvalue weighted by atomic mass is 9.79. The Labute approximate surface area is 185 Å². The van der Waals surface area contributed by atoms with Crippen molar-refractivity contribution in [2.45, 2.75) is 52.4 Å². The number of carbonyl (C=O) groups is 1. The van der Waals surface area contributed by atoms with E-state index >= 15 is 0 Å². The van der Waals surface area contributed by atoms with Gasteiger partial charge < -0.3 is 20.4 Å². The number of esters is 1. The highest BCUT2D eigenvalue weighted by Crippen LogP contribution is 2.38. The van der Waals surface area contributed by atoms with E-state index in [0.717, 1.165) is 55.7 Å². The minimum atomic E-state index is -0.457. The number of piperidine rings is 1. The summed E-state index contributed by atoms with van der Waals surface area (Å²) in [5.41, 5.74) is 3.54. The normalized spacial score (nSPS) is 15.9. The van der Waals surface area contributed by atoms with Gasteiger partial charge in [0.2, 0.25) is 0 Å². The van der Waals surface area contributed by atoms with Gasteiger partial charge in [-0.1, -0.05) is 38.5 Å². The van der Waals surface area contributed by atoms with Crippen molar-refractivity contribution >= 4 is 28.9 Å². The zero-order valence-corrected chi connectivity index (χ0v) is 18.9. The summed E-state index contributed by atoms with van der Waals surface area (Å²) in [5, 5.41) is 12.3. The molecule has 1 aliphatic heterocycles. The molecule has 0 amide bonds. The first-order valence-electron chi connectivity index (χ1n) is 11.5. The number of methoxy groups -OCH3 is 1. The number of para-hydroxylation sites is 1. The van der Waals surface area contributed by atoms with Gasteiger partial charge in [0.15, 0.2) is 5.69 Å². The Kier molecular flexibility index (Phi) is 8.04. The van der Waals surface area contributed by atoms with Gasteiger partial charge in [0.25, 0.3) is 0 Å². The first kappa shape index (κ1) is 22.8. The number of aromatic nitrogens is 1. The lowest BCUT2D eigenvalue weighted by molar-refractivity contribution is 0.0594. The molecule has 1 aliphatic carbocycles. The van der Waals surface area contributed by atoms with Gasteiger partial charge in [-0.25, -0.2) is 9.78 Å². The van der Waals surface area contributed by atoms with Crippen LogP contribution >= 0.6 is 0 Å². The molecular weight excluding hydrogens is 388 g/mol. The van der Waals surface area contributed by atoms with E-state index in [1.54, 1.807) is 0 Å². The van der Waals surface area contributed by atoms with Gasteiger partial charge in [-0.3, -0.25) is 0 Å². The van der Waals surface area contributed by atoms with Crippen molar-refractivity contribution in [2.24, 2.45) is 5.92 Å². The van der Waals surface area contributed by atoms with Gasteiger partial charge in [-0.05, 0) is 50.3 Å². The number of benzene rings is 1. The summed E-state index contributed by atoms with van der Waals surface area (Å²) in [7, 11) is 1.37. The Morgan fingerprint density at radius 1 is 1.10 bits per heavy atom. The van der Waals surface area contributed by atoms with Crippen LogP contribution in [-0.4, -0.2) is 36.9 Å². The molecule has 0 radical (unpaired) electrons. The van der Waals surface area contributed by atoms with Gasteiger partial charge in [0, 0.05) is 30.4 Å². The Morgan fingerprint density at radius 3 is 2.35 bits per heavy atom. The molecule has 0 bridgehead atoms. The fraction of sp³-hybridized carbons (Fsp3) is 0.480. The number of rotatable bonds is 6. The largest absolute Gasteiger partial charge is 0.464 e. The van der Waals surface area contributed by atoms with Crippen LogP contribution in [0.1, 0.15) is 68.4 Å². The zero-order chi connectivity index (χ0) is 22.2. The second-order valence-corrected chi connectivity index (χ2v) is 7.82. The number of carbonyl (C=O) groups excluding carboxylic acids is 1. The third-order valence-electron chi connectivity index (χ3n) is 5.91. The van der Waals surface area contributed by atoms with Crippen LogP contribution in [0.3, 0.4) is 0 Å². The van der Waals surface area contributed by atoms with Crippen LogP contribution < -0.4 is 10.2 Å². The third kappa shape index (κ3) is 5.24. The van der Waals surface area contributed by atoms with E-state index in [1.807, 2.05) is 50.2 Å². The molecular formula is C25H34N4O2. The smallest absolute Gasteiger partial charge is 0.356 e. The van der Waals surface area contributed by atoms with Crippen LogP contribution in [0.25, 0.3) is 0 Å². The third-order valence-corrected chi connectivity index (χ3v) is 5.91. The molecule has 6 heteroatoms. The Balaban J connectivity index is 0.00000132. The van der Waals surface area contributed by atoms with E-state index in [9.17, 15) is 4.79 Å². The monoisotopic (exact) mass is 422 g/mol. The summed E-state index contributed by atoms with van der Waals surface area (Å²) < 4.78 is 4.96. The summed E-state index contributed by atoms with van der Waals surface area (Å²) in [6.45, 7) is 5.86. The highest BCUT2D eigenvalue weighted by atomic mass is 16.5. The highest BCUT2D eigenvalue weighted by molar-refractivity contribution is 6.10. The number of anilines is 3. The van der Waals surface area contributed by atoms with E-state index in [2.05, 4.69) is 15.2 Å². The van der Waals surface area contributed by atoms with Crippen molar-refractivity contribution in [2.75, 3.05) is 30.4 Å². The number of hydrogen-bond acceptors (Lipinski definition) is 6. The lowest BCUT2D eigenvalue weighted by Crippen LogP contribution is -2.33. The molecule has 2 N–H and O–H groups in total. The predicted octanol–water partition coefficient (Wildman–Crippen LogP) is 5.80. The Bertz CT molecular complexity index is 888. The standard InChI is InChI=1S/C23H28N4O2.C2H6/c1-29-23(28)18-15-19(27-13-6-3-7-14-27)20(21(24)16-9-8-10-16)22(26-18)25-17-11-4-2-5-12-17;1-2/h2,4-5,11-12,15-16,24H,3,6-10,13-14H2,1H3,(H,25,26);1-2H3. The fourth-order valence-electron chi connectivity index (χ4n) is 4.04. The molecule has 0 spiro atoms. The van der Waals surface area contributed by atoms with Gasteiger partial charge in [-0.2, -0.15) is 0 Å². The summed E-state index contributed by atoms with van der Waals surface area (Å²) >= 11 is 0. The first-order valence-corrected chi connectivity index (χ1v) is 11.5. The average Bonchev–Trinajstić information content (AvgIpc) is 2.79. The molecule has 2 heterocycles. The first-order chi connectivity index (χ1) is 15.2. The number of nitrogens with one attached hydrogen (secondary N) is 2. The molecule has 1 saturated carbocycles. The molecule has 1 saturated heterocycles. The molecule has 1 aromatic carbocycles. The summed E-state index contributed by atoms with van der Waals surface area (Å²) in [5.74, 6) is 0.373. The van der Waals surface area contributed by atoms with Crippen molar-refractivity contribution in [3.05, 3.63) is 47.7 Å². The maximum Gasteiger partial charge on any atom is 0.356 e. The lowest BCUT2D eigenvalue weighted by Gasteiger charge is -2.34. The molecule has 0 unspecified atom stereocenters. The SMILES string of the molecule is CC.COC(=O)c1cc(N2CCCCC2)c(C(=N)C2CCC2)c(Nc2ccccc2)n1. The van der Waals surface area contributed by atoms with Crippen molar-refractivity contribution in [3.8, 4) is 0 Å². The molecule has 31 heavy (non-hydrogen) atoms. The minimum absolute atomic E-state index is 0.264. The predicted molar refractivity (Wildman–Crippen MR) is 127 cm³/mol. The molecule has 2 fully saturated rings. The number of pyridine rings is 1. The highest BCUT2D eigenvalue weighted by Gasteiger charge is 2.30. The molecule has 2 aliphatic rings. The molecule has 2 aromatic rings. The second kappa shape index (κ2) is 10.9. The Morgan fingerprint density at radius 2 is 1.77 bits per heavy atom. The van der Waals surface area contributed by atoms with Crippen LogP contribution in [0, 0.1) is 11.3 Å². The van der Waals surface area contributed by atoms with Crippen molar-refractivity contribution < 1.29 is 9.53 Å². The van der Waals surface area contributed by atoms with E-state index in [1.165, 1.54) is 20.0 Å². The van der Waals surface area contributed by atoms with Gasteiger partial charge in [0.1, 0.15) is 5.82 Å². The minimum Gasteiger partial charge on any atom is -0.464 e. The van der Waals surface area contributed by atoms with Crippen LogP contribution in [0.5, 0.6) is 0 Å². The van der Waals surface area contributed by atoms with Gasteiger partial charge in [0.05, 0.1) is 18.4 Å². The molecule has 166 valence electrons. The van der Waals surface area contributed by atoms with Crippen molar-refractivity contribution in [1.82, 2.24) is 4.98 Å². The molecule has 0 atom stereocenters. The second-order valence-electron chi connectivity index (χ2n) is 7.82. The van der Waals surface area contributed by atoms with Crippen molar-refractivity contribution in [1.29, 1.82) is 5.41 Å². The summed E-state index contributed by atoms with van der Waals surface area (Å²) in [6, 6.07) is 11.6. The van der Waals surface area contributed by atoms with Crippen LogP contribution in [0.4, 0.5) is 17.2 Å². The van der Waals surface area contributed by atoms with E-state index < -0.39 is 5.97 Å². The molecule has 1 aromatic heterocycles. The quantitative estimate of drug-likeness (QED) is 0.455. The van der Waals surface area contributed by atoms with Gasteiger partial charge >= 0.3 is 5.97 Å². The number of nitrogens with zero attached hydrogens (tertiary/aromatic N) is 2. The van der Waals surface area contributed by atoms with Crippen LogP contribution in [-0.2, 0) is 4.74 Å². The van der Waals surface area contributed by atoms with Gasteiger partial charge in [-0.15, -0.1) is 0 Å². The molecule has 6 nitrogen and oxygen atoms in total. The van der Waals surface area contributed by atoms with Crippen molar-refractivity contribution in [3.63, 3.8) is 0 Å². The van der Waals surface area contributed by atoms with E-state index in [-0.39, 0.29) is 11.6 Å². The maximum atomic E-state index is 12.4. The number of hydrogen-bond donors (Lipinski definition) is 2. The molecule has 4 rings (SSSR count).